The van der Waals surface area contributed by atoms with Crippen molar-refractivity contribution in [2.24, 2.45) is 7.05 Å². The molecule has 1 aromatic heterocycles. The van der Waals surface area contributed by atoms with Gasteiger partial charge < -0.3 is 0 Å². The monoisotopic (exact) mass is 349 g/mol. The molecule has 0 unspecified atom stereocenters. The fraction of sp³-hybridized carbons (Fsp3) is 0.100. The van der Waals surface area contributed by atoms with Crippen LogP contribution in [0.1, 0.15) is 0 Å². The van der Waals surface area contributed by atoms with Gasteiger partial charge in [0, 0.05) is 23.8 Å². The Bertz CT molecular complexity index is 684. The summed E-state index contributed by atoms with van der Waals surface area (Å²) < 4.78 is 28.5. The molecular weight excluding hydrogens is 342 g/mol. The Kier molecular flexibility index (Phi) is 3.65. The van der Waals surface area contributed by atoms with Crippen LogP contribution in [0.15, 0.2) is 39.8 Å². The lowest BCUT2D eigenvalue weighted by atomic mass is 10.4. The summed E-state index contributed by atoms with van der Waals surface area (Å²) in [5, 5.41) is 4.40. The lowest BCUT2D eigenvalue weighted by Crippen LogP contribution is -2.13. The van der Waals surface area contributed by atoms with Crippen LogP contribution in [0.3, 0.4) is 0 Å². The maximum atomic E-state index is 12.1. The van der Waals surface area contributed by atoms with Gasteiger partial charge in [0.1, 0.15) is 0 Å². The Labute approximate surface area is 118 Å². The van der Waals surface area contributed by atoms with Gasteiger partial charge in [-0.3, -0.25) is 9.40 Å². The molecule has 0 fully saturated rings. The fourth-order valence-corrected chi connectivity index (χ4v) is 2.98. The van der Waals surface area contributed by atoms with Crippen LogP contribution < -0.4 is 4.72 Å². The van der Waals surface area contributed by atoms with Crippen molar-refractivity contribution in [1.82, 2.24) is 9.78 Å². The Morgan fingerprint density at radius 3 is 2.67 bits per heavy atom. The number of hydrogen-bond acceptors (Lipinski definition) is 3. The fourth-order valence-electron chi connectivity index (χ4n) is 1.31. The first-order chi connectivity index (χ1) is 8.38. The quantitative estimate of drug-likeness (QED) is 0.925. The number of aryl methyl sites for hydroxylation is 1. The first kappa shape index (κ1) is 13.4. The van der Waals surface area contributed by atoms with Crippen LogP contribution in [0.2, 0.25) is 5.02 Å². The van der Waals surface area contributed by atoms with Crippen molar-refractivity contribution in [3.63, 3.8) is 0 Å². The highest BCUT2D eigenvalue weighted by Gasteiger charge is 2.16. The molecule has 0 atom stereocenters. The standard InChI is InChI=1S/C10H9BrClN3O2S/c1-15-5-4-10(13-15)14-18(16,17)7-2-3-9(12)8(11)6-7/h2-6H,1H3,(H,13,14). The van der Waals surface area contributed by atoms with Crippen molar-refractivity contribution in [3.8, 4) is 0 Å². The van der Waals surface area contributed by atoms with Crippen molar-refractivity contribution in [2.45, 2.75) is 4.90 Å². The maximum absolute atomic E-state index is 12.1. The molecule has 0 amide bonds. The Hall–Kier alpha value is -1.05. The van der Waals surface area contributed by atoms with Crippen molar-refractivity contribution in [2.75, 3.05) is 4.72 Å². The minimum absolute atomic E-state index is 0.115. The molecule has 0 aliphatic rings. The molecule has 1 N–H and O–H groups in total. The van der Waals surface area contributed by atoms with E-state index in [0.29, 0.717) is 9.50 Å². The predicted octanol–water partition coefficient (Wildman–Crippen LogP) is 2.64. The summed E-state index contributed by atoms with van der Waals surface area (Å²) in [5.41, 5.74) is 0. The molecule has 0 radical (unpaired) electrons. The maximum Gasteiger partial charge on any atom is 0.263 e. The van der Waals surface area contributed by atoms with Gasteiger partial charge in [-0.25, -0.2) is 8.42 Å². The molecule has 8 heteroatoms. The zero-order valence-electron chi connectivity index (χ0n) is 9.26. The highest BCUT2D eigenvalue weighted by atomic mass is 79.9. The smallest absolute Gasteiger partial charge is 0.263 e. The first-order valence-electron chi connectivity index (χ1n) is 4.86. The molecule has 0 aliphatic heterocycles. The van der Waals surface area contributed by atoms with Crippen molar-refractivity contribution in [1.29, 1.82) is 0 Å². The van der Waals surface area contributed by atoms with Gasteiger partial charge in [0.25, 0.3) is 10.0 Å². The number of aromatic nitrogens is 2. The summed E-state index contributed by atoms with van der Waals surface area (Å²) in [7, 11) is -1.95. The number of rotatable bonds is 3. The molecular formula is C10H9BrClN3O2S. The Morgan fingerprint density at radius 1 is 1.39 bits per heavy atom. The second-order valence-electron chi connectivity index (χ2n) is 3.56. The van der Waals surface area contributed by atoms with E-state index in [1.807, 2.05) is 0 Å². The van der Waals surface area contributed by atoms with E-state index < -0.39 is 10.0 Å². The third-order valence-corrected chi connectivity index (χ3v) is 4.72. The number of benzene rings is 1. The van der Waals surface area contributed by atoms with Gasteiger partial charge in [-0.2, -0.15) is 5.10 Å². The van der Waals surface area contributed by atoms with E-state index in [1.54, 1.807) is 19.3 Å². The van der Waals surface area contributed by atoms with Crippen LogP contribution in [-0.2, 0) is 17.1 Å². The van der Waals surface area contributed by atoms with E-state index in [4.69, 9.17) is 11.6 Å². The Morgan fingerprint density at radius 2 is 2.11 bits per heavy atom. The molecule has 96 valence electrons. The van der Waals surface area contributed by atoms with E-state index >= 15 is 0 Å². The number of halogens is 2. The molecule has 0 aliphatic carbocycles. The molecule has 0 spiro atoms. The van der Waals surface area contributed by atoms with E-state index in [9.17, 15) is 8.42 Å². The number of nitrogens with zero attached hydrogens (tertiary/aromatic N) is 2. The van der Waals surface area contributed by atoms with Gasteiger partial charge >= 0.3 is 0 Å². The normalized spacial score (nSPS) is 11.5. The molecule has 2 rings (SSSR count). The van der Waals surface area contributed by atoms with Crippen LogP contribution in [-0.4, -0.2) is 18.2 Å². The molecule has 0 saturated heterocycles. The summed E-state index contributed by atoms with van der Waals surface area (Å²) in [6.45, 7) is 0. The molecule has 5 nitrogen and oxygen atoms in total. The van der Waals surface area contributed by atoms with Crippen LogP contribution in [0.4, 0.5) is 5.82 Å². The van der Waals surface area contributed by atoms with Crippen molar-refractivity contribution < 1.29 is 8.42 Å². The van der Waals surface area contributed by atoms with Gasteiger partial charge in [0.2, 0.25) is 0 Å². The van der Waals surface area contributed by atoms with Gasteiger partial charge in [0.05, 0.1) is 9.92 Å². The predicted molar refractivity (Wildman–Crippen MR) is 73.2 cm³/mol. The second-order valence-corrected chi connectivity index (χ2v) is 6.50. The van der Waals surface area contributed by atoms with E-state index in [-0.39, 0.29) is 10.7 Å². The van der Waals surface area contributed by atoms with E-state index in [0.717, 1.165) is 0 Å². The lowest BCUT2D eigenvalue weighted by molar-refractivity contribution is 0.601. The molecule has 18 heavy (non-hydrogen) atoms. The number of hydrogen-bond donors (Lipinski definition) is 1. The minimum atomic E-state index is -3.65. The molecule has 1 aromatic carbocycles. The SMILES string of the molecule is Cn1ccc(NS(=O)(=O)c2ccc(Cl)c(Br)c2)n1. The van der Waals surface area contributed by atoms with Crippen LogP contribution >= 0.6 is 27.5 Å². The largest absolute Gasteiger partial charge is 0.274 e. The molecule has 0 bridgehead atoms. The highest BCUT2D eigenvalue weighted by Crippen LogP contribution is 2.26. The third kappa shape index (κ3) is 2.85. The zero-order chi connectivity index (χ0) is 13.3. The zero-order valence-corrected chi connectivity index (χ0v) is 12.4. The lowest BCUT2D eigenvalue weighted by Gasteiger charge is -2.06. The average Bonchev–Trinajstić information content (AvgIpc) is 2.67. The number of anilines is 1. The minimum Gasteiger partial charge on any atom is -0.274 e. The summed E-state index contributed by atoms with van der Waals surface area (Å²) >= 11 is 9.00. The van der Waals surface area contributed by atoms with Crippen LogP contribution in [0.5, 0.6) is 0 Å². The Balaban J connectivity index is 2.33. The highest BCUT2D eigenvalue weighted by molar-refractivity contribution is 9.10. The summed E-state index contributed by atoms with van der Waals surface area (Å²) in [6.07, 6.45) is 1.65. The van der Waals surface area contributed by atoms with Gasteiger partial charge in [-0.1, -0.05) is 11.6 Å². The molecule has 0 saturated carbocycles. The van der Waals surface area contributed by atoms with Crippen LogP contribution in [0, 0.1) is 0 Å². The first-order valence-corrected chi connectivity index (χ1v) is 7.51. The topological polar surface area (TPSA) is 64.0 Å². The van der Waals surface area contributed by atoms with Gasteiger partial charge in [-0.15, -0.1) is 0 Å². The molecule has 1 heterocycles. The van der Waals surface area contributed by atoms with Crippen molar-refractivity contribution in [3.05, 3.63) is 40.0 Å². The van der Waals surface area contributed by atoms with Gasteiger partial charge in [-0.05, 0) is 34.1 Å². The third-order valence-electron chi connectivity index (χ3n) is 2.15. The van der Waals surface area contributed by atoms with Crippen LogP contribution in [0.25, 0.3) is 0 Å². The number of sulfonamides is 1. The summed E-state index contributed by atoms with van der Waals surface area (Å²) in [6, 6.07) is 5.95. The van der Waals surface area contributed by atoms with Crippen molar-refractivity contribution >= 4 is 43.4 Å². The van der Waals surface area contributed by atoms with E-state index in [2.05, 4.69) is 25.8 Å². The second kappa shape index (κ2) is 4.91. The number of nitrogens with one attached hydrogen (secondary N) is 1. The van der Waals surface area contributed by atoms with Gasteiger partial charge in [0.15, 0.2) is 5.82 Å². The molecule has 2 aromatic rings. The van der Waals surface area contributed by atoms with E-state index in [1.165, 1.54) is 22.9 Å². The average molecular weight is 351 g/mol. The summed E-state index contributed by atoms with van der Waals surface area (Å²) in [5.74, 6) is 0.267. The summed E-state index contributed by atoms with van der Waals surface area (Å²) in [4.78, 5) is 0.115.